The molecule has 0 saturated heterocycles. The van der Waals surface area contributed by atoms with Gasteiger partial charge in [-0.05, 0) is 35.9 Å². The minimum atomic E-state index is -0.606. The maximum absolute atomic E-state index is 12.5. The number of ether oxygens (including phenoxy) is 1. The average molecular weight is 448 g/mol. The Bertz CT molecular complexity index is 1020. The predicted octanol–water partition coefficient (Wildman–Crippen LogP) is 4.40. The highest BCUT2D eigenvalue weighted by Gasteiger charge is 2.21. The molecule has 0 spiro atoms. The van der Waals surface area contributed by atoms with Crippen molar-refractivity contribution in [3.8, 4) is 11.4 Å². The number of halogens is 2. The summed E-state index contributed by atoms with van der Waals surface area (Å²) in [6.07, 6.45) is 0.317. The van der Waals surface area contributed by atoms with Crippen molar-refractivity contribution in [2.75, 3.05) is 7.11 Å². The zero-order valence-electron chi connectivity index (χ0n) is 16.1. The van der Waals surface area contributed by atoms with E-state index in [0.29, 0.717) is 27.3 Å². The molecule has 9 heteroatoms. The number of nitrogens with zero attached hydrogens (tertiary/aromatic N) is 2. The van der Waals surface area contributed by atoms with Crippen molar-refractivity contribution in [2.24, 2.45) is 0 Å². The summed E-state index contributed by atoms with van der Waals surface area (Å²) in [5.74, 6) is 0.0128. The molecule has 0 saturated carbocycles. The first-order valence-corrected chi connectivity index (χ1v) is 9.91. The molecule has 0 aliphatic carbocycles. The Morgan fingerprint density at radius 3 is 2.57 bits per heavy atom. The number of esters is 1. The third-order valence-electron chi connectivity index (χ3n) is 4.35. The third-order valence-corrected chi connectivity index (χ3v) is 4.95. The lowest BCUT2D eigenvalue weighted by Crippen LogP contribution is -2.30. The van der Waals surface area contributed by atoms with E-state index in [1.54, 1.807) is 48.5 Å². The predicted molar refractivity (Wildman–Crippen MR) is 112 cm³/mol. The lowest BCUT2D eigenvalue weighted by atomic mass is 10.0. The SMILES string of the molecule is COC(=O)CC(NC(=O)CCc1nc(-c2ccc(Cl)cc2)no1)c1ccccc1Cl. The van der Waals surface area contributed by atoms with Gasteiger partial charge < -0.3 is 14.6 Å². The number of amides is 1. The highest BCUT2D eigenvalue weighted by atomic mass is 35.5. The quantitative estimate of drug-likeness (QED) is 0.514. The lowest BCUT2D eigenvalue weighted by molar-refractivity contribution is -0.141. The molecule has 1 atom stereocenters. The van der Waals surface area contributed by atoms with Crippen LogP contribution in [0.15, 0.2) is 53.1 Å². The van der Waals surface area contributed by atoms with Crippen LogP contribution in [0.25, 0.3) is 11.4 Å². The number of benzene rings is 2. The fourth-order valence-corrected chi connectivity index (χ4v) is 3.20. The maximum atomic E-state index is 12.5. The largest absolute Gasteiger partial charge is 0.469 e. The van der Waals surface area contributed by atoms with Gasteiger partial charge in [0.25, 0.3) is 0 Å². The van der Waals surface area contributed by atoms with Crippen LogP contribution in [0.4, 0.5) is 0 Å². The van der Waals surface area contributed by atoms with Gasteiger partial charge in [0.1, 0.15) is 0 Å². The molecule has 0 radical (unpaired) electrons. The first-order chi connectivity index (χ1) is 14.5. The Balaban J connectivity index is 1.62. The molecule has 0 aliphatic rings. The van der Waals surface area contributed by atoms with Gasteiger partial charge >= 0.3 is 5.97 Å². The molecular weight excluding hydrogens is 429 g/mol. The summed E-state index contributed by atoms with van der Waals surface area (Å²) in [5, 5.41) is 7.82. The summed E-state index contributed by atoms with van der Waals surface area (Å²) in [6.45, 7) is 0. The number of hydrogen-bond acceptors (Lipinski definition) is 6. The molecule has 2 aromatic carbocycles. The van der Waals surface area contributed by atoms with E-state index in [4.69, 9.17) is 32.5 Å². The number of hydrogen-bond donors (Lipinski definition) is 1. The molecule has 3 aromatic rings. The van der Waals surface area contributed by atoms with Crippen LogP contribution in [0.5, 0.6) is 0 Å². The van der Waals surface area contributed by atoms with Gasteiger partial charge in [-0.1, -0.05) is 46.6 Å². The molecule has 1 unspecified atom stereocenters. The van der Waals surface area contributed by atoms with Crippen LogP contribution in [-0.2, 0) is 20.7 Å². The number of methoxy groups -OCH3 is 1. The van der Waals surface area contributed by atoms with Crippen molar-refractivity contribution in [1.29, 1.82) is 0 Å². The second-order valence-electron chi connectivity index (χ2n) is 6.44. The van der Waals surface area contributed by atoms with Crippen LogP contribution in [-0.4, -0.2) is 29.1 Å². The third kappa shape index (κ3) is 5.81. The molecule has 1 heterocycles. The molecule has 156 valence electrons. The molecule has 30 heavy (non-hydrogen) atoms. The molecular formula is C21H19Cl2N3O4. The van der Waals surface area contributed by atoms with Gasteiger partial charge in [0.15, 0.2) is 0 Å². The monoisotopic (exact) mass is 447 g/mol. The highest BCUT2D eigenvalue weighted by Crippen LogP contribution is 2.26. The van der Waals surface area contributed by atoms with E-state index < -0.39 is 12.0 Å². The molecule has 0 bridgehead atoms. The normalized spacial score (nSPS) is 11.7. The minimum Gasteiger partial charge on any atom is -0.469 e. The topological polar surface area (TPSA) is 94.3 Å². The zero-order valence-corrected chi connectivity index (χ0v) is 17.6. The summed E-state index contributed by atoms with van der Waals surface area (Å²) in [7, 11) is 1.29. The van der Waals surface area contributed by atoms with Gasteiger partial charge in [-0.15, -0.1) is 0 Å². The standard InChI is InChI=1S/C21H19Cl2N3O4/c1-29-20(28)12-17(15-4-2-3-5-16(15)23)24-18(27)10-11-19-25-21(26-30-19)13-6-8-14(22)9-7-13/h2-9,17H,10-12H2,1H3,(H,24,27). The second kappa shape index (κ2) is 10.2. The highest BCUT2D eigenvalue weighted by molar-refractivity contribution is 6.31. The summed E-state index contributed by atoms with van der Waals surface area (Å²) in [5.41, 5.74) is 1.40. The summed E-state index contributed by atoms with van der Waals surface area (Å²) in [4.78, 5) is 28.6. The molecule has 1 N–H and O–H groups in total. The van der Waals surface area contributed by atoms with Crippen molar-refractivity contribution in [3.05, 3.63) is 70.0 Å². The number of nitrogens with one attached hydrogen (secondary N) is 1. The van der Waals surface area contributed by atoms with Gasteiger partial charge in [0.2, 0.25) is 17.6 Å². The van der Waals surface area contributed by atoms with Crippen LogP contribution in [0.3, 0.4) is 0 Å². The molecule has 7 nitrogen and oxygen atoms in total. The van der Waals surface area contributed by atoms with Crippen LogP contribution in [0.2, 0.25) is 10.0 Å². The van der Waals surface area contributed by atoms with Gasteiger partial charge in [-0.25, -0.2) is 0 Å². The molecule has 0 fully saturated rings. The van der Waals surface area contributed by atoms with E-state index >= 15 is 0 Å². The van der Waals surface area contributed by atoms with Crippen LogP contribution in [0.1, 0.15) is 30.3 Å². The van der Waals surface area contributed by atoms with E-state index in [1.807, 2.05) is 0 Å². The fourth-order valence-electron chi connectivity index (χ4n) is 2.81. The van der Waals surface area contributed by atoms with Gasteiger partial charge in [0.05, 0.1) is 19.6 Å². The average Bonchev–Trinajstić information content (AvgIpc) is 3.21. The Morgan fingerprint density at radius 2 is 1.87 bits per heavy atom. The number of rotatable bonds is 8. The summed E-state index contributed by atoms with van der Waals surface area (Å²) in [6, 6.07) is 13.4. The number of aryl methyl sites for hydroxylation is 1. The van der Waals surface area contributed by atoms with Crippen molar-refractivity contribution >= 4 is 35.1 Å². The second-order valence-corrected chi connectivity index (χ2v) is 7.28. The van der Waals surface area contributed by atoms with Crippen molar-refractivity contribution in [1.82, 2.24) is 15.5 Å². The Hall–Kier alpha value is -2.90. The van der Waals surface area contributed by atoms with Crippen molar-refractivity contribution < 1.29 is 18.8 Å². The van der Waals surface area contributed by atoms with Crippen LogP contribution < -0.4 is 5.32 Å². The Kier molecular flexibility index (Phi) is 7.43. The van der Waals surface area contributed by atoms with Crippen LogP contribution in [0, 0.1) is 0 Å². The fraction of sp³-hybridized carbons (Fsp3) is 0.238. The summed E-state index contributed by atoms with van der Waals surface area (Å²) >= 11 is 12.1. The molecule has 1 aromatic heterocycles. The van der Waals surface area contributed by atoms with E-state index in [-0.39, 0.29) is 25.2 Å². The van der Waals surface area contributed by atoms with E-state index in [1.165, 1.54) is 7.11 Å². The lowest BCUT2D eigenvalue weighted by Gasteiger charge is -2.19. The summed E-state index contributed by atoms with van der Waals surface area (Å²) < 4.78 is 9.95. The molecule has 3 rings (SSSR count). The number of carbonyl (C=O) groups excluding carboxylic acids is 2. The van der Waals surface area contributed by atoms with E-state index in [9.17, 15) is 9.59 Å². The molecule has 1 amide bonds. The minimum absolute atomic E-state index is 0.0345. The van der Waals surface area contributed by atoms with E-state index in [2.05, 4.69) is 15.5 Å². The van der Waals surface area contributed by atoms with Crippen molar-refractivity contribution in [2.45, 2.75) is 25.3 Å². The van der Waals surface area contributed by atoms with Crippen LogP contribution >= 0.6 is 23.2 Å². The smallest absolute Gasteiger partial charge is 0.307 e. The maximum Gasteiger partial charge on any atom is 0.307 e. The zero-order chi connectivity index (χ0) is 21.5. The Labute approximate surface area is 183 Å². The Morgan fingerprint density at radius 1 is 1.13 bits per heavy atom. The van der Waals surface area contributed by atoms with Gasteiger partial charge in [-0.3, -0.25) is 9.59 Å². The van der Waals surface area contributed by atoms with Crippen molar-refractivity contribution in [3.63, 3.8) is 0 Å². The number of aromatic nitrogens is 2. The number of carbonyl (C=O) groups is 2. The van der Waals surface area contributed by atoms with Gasteiger partial charge in [-0.2, -0.15) is 4.98 Å². The van der Waals surface area contributed by atoms with Gasteiger partial charge in [0, 0.05) is 28.5 Å². The molecule has 0 aliphatic heterocycles. The first kappa shape index (κ1) is 21.8. The first-order valence-electron chi connectivity index (χ1n) is 9.15. The van der Waals surface area contributed by atoms with E-state index in [0.717, 1.165) is 5.56 Å².